The smallest absolute Gasteiger partial charge is 0.233 e. The van der Waals surface area contributed by atoms with Gasteiger partial charge in [0.1, 0.15) is 11.5 Å². The number of hydrogen-bond acceptors (Lipinski definition) is 4. The molecule has 1 aliphatic rings. The summed E-state index contributed by atoms with van der Waals surface area (Å²) in [5, 5.41) is 2.98. The maximum absolute atomic E-state index is 11.9. The number of nitrogens with one attached hydrogen (secondary N) is 1. The fourth-order valence-electron chi connectivity index (χ4n) is 2.12. The van der Waals surface area contributed by atoms with Crippen molar-refractivity contribution < 1.29 is 14.0 Å². The lowest BCUT2D eigenvalue weighted by molar-refractivity contribution is -0.140. The molecule has 1 saturated heterocycles. The summed E-state index contributed by atoms with van der Waals surface area (Å²) in [5.41, 5.74) is 0. The minimum atomic E-state index is -0.232. The van der Waals surface area contributed by atoms with Crippen LogP contribution in [-0.2, 0) is 22.7 Å². The molecule has 18 heavy (non-hydrogen) atoms. The first kappa shape index (κ1) is 12.8. The molecule has 1 N–H and O–H groups in total. The van der Waals surface area contributed by atoms with E-state index in [9.17, 15) is 9.59 Å². The third kappa shape index (κ3) is 2.18. The third-order valence-electron chi connectivity index (χ3n) is 3.44. The monoisotopic (exact) mass is 250 g/mol. The first-order chi connectivity index (χ1) is 8.54. The number of hydrogen-bond donors (Lipinski definition) is 1. The number of likely N-dealkylation sites (tertiary alicyclic amines) is 1. The van der Waals surface area contributed by atoms with Gasteiger partial charge in [-0.2, -0.15) is 0 Å². The zero-order valence-electron chi connectivity index (χ0n) is 10.9. The first-order valence-corrected chi connectivity index (χ1v) is 6.12. The lowest BCUT2D eigenvalue weighted by atomic mass is 10.00. The molecule has 2 atom stereocenters. The van der Waals surface area contributed by atoms with E-state index in [0.29, 0.717) is 12.3 Å². The molecule has 1 aromatic rings. The van der Waals surface area contributed by atoms with Gasteiger partial charge in [0, 0.05) is 11.8 Å². The van der Waals surface area contributed by atoms with Crippen LogP contribution < -0.4 is 5.32 Å². The van der Waals surface area contributed by atoms with Gasteiger partial charge in [0.15, 0.2) is 0 Å². The molecular weight excluding hydrogens is 232 g/mol. The van der Waals surface area contributed by atoms with E-state index in [1.165, 1.54) is 4.90 Å². The van der Waals surface area contributed by atoms with Gasteiger partial charge in [-0.1, -0.05) is 13.8 Å². The van der Waals surface area contributed by atoms with Crippen molar-refractivity contribution in [1.29, 1.82) is 0 Å². The van der Waals surface area contributed by atoms with Crippen LogP contribution in [0.25, 0.3) is 0 Å². The van der Waals surface area contributed by atoms with Crippen LogP contribution in [0.3, 0.4) is 0 Å². The summed E-state index contributed by atoms with van der Waals surface area (Å²) < 4.78 is 5.54. The van der Waals surface area contributed by atoms with E-state index in [4.69, 9.17) is 4.42 Å². The number of furan rings is 1. The molecule has 2 heterocycles. The average Bonchev–Trinajstić information content (AvgIpc) is 2.86. The van der Waals surface area contributed by atoms with Crippen molar-refractivity contribution >= 4 is 11.8 Å². The second-order valence-corrected chi connectivity index (χ2v) is 4.74. The molecule has 98 valence electrons. The Morgan fingerprint density at radius 3 is 2.28 bits per heavy atom. The van der Waals surface area contributed by atoms with Crippen LogP contribution in [-0.4, -0.2) is 23.8 Å². The summed E-state index contributed by atoms with van der Waals surface area (Å²) in [4.78, 5) is 25.1. The van der Waals surface area contributed by atoms with E-state index in [1.807, 2.05) is 13.1 Å². The topological polar surface area (TPSA) is 62.6 Å². The molecule has 2 rings (SSSR count). The van der Waals surface area contributed by atoms with Crippen LogP contribution in [0.1, 0.15) is 25.4 Å². The van der Waals surface area contributed by atoms with Gasteiger partial charge in [-0.3, -0.25) is 14.5 Å². The highest BCUT2D eigenvalue weighted by atomic mass is 16.3. The molecule has 0 radical (unpaired) electrons. The van der Waals surface area contributed by atoms with Crippen LogP contribution in [0.5, 0.6) is 0 Å². The van der Waals surface area contributed by atoms with Gasteiger partial charge >= 0.3 is 0 Å². The Morgan fingerprint density at radius 1 is 1.17 bits per heavy atom. The Balaban J connectivity index is 2.09. The van der Waals surface area contributed by atoms with Gasteiger partial charge < -0.3 is 9.73 Å². The van der Waals surface area contributed by atoms with Gasteiger partial charge in [0.2, 0.25) is 11.8 Å². The Kier molecular flexibility index (Phi) is 3.52. The van der Waals surface area contributed by atoms with Crippen LogP contribution >= 0.6 is 0 Å². The Morgan fingerprint density at radius 2 is 1.72 bits per heavy atom. The number of imide groups is 1. The molecule has 5 heteroatoms. The molecular formula is C13H18N2O3. The molecule has 0 bridgehead atoms. The fourth-order valence-corrected chi connectivity index (χ4v) is 2.12. The van der Waals surface area contributed by atoms with Gasteiger partial charge in [-0.15, -0.1) is 0 Å². The van der Waals surface area contributed by atoms with Crippen molar-refractivity contribution in [1.82, 2.24) is 10.2 Å². The van der Waals surface area contributed by atoms with E-state index in [2.05, 4.69) is 5.32 Å². The molecule has 2 amide bonds. The van der Waals surface area contributed by atoms with E-state index >= 15 is 0 Å². The SMILES string of the molecule is CNCc1ccc(CN2C(=O)C(C)C(C)C2=O)o1. The molecule has 0 aromatic carbocycles. The Bertz CT molecular complexity index is 447. The second kappa shape index (κ2) is 4.94. The van der Waals surface area contributed by atoms with Crippen LogP contribution in [0.2, 0.25) is 0 Å². The molecule has 0 saturated carbocycles. The summed E-state index contributed by atoms with van der Waals surface area (Å²) in [6, 6.07) is 3.66. The molecule has 1 fully saturated rings. The highest BCUT2D eigenvalue weighted by molar-refractivity contribution is 6.04. The molecule has 0 aliphatic carbocycles. The van der Waals surface area contributed by atoms with E-state index in [0.717, 1.165) is 5.76 Å². The van der Waals surface area contributed by atoms with Crippen molar-refractivity contribution in [3.63, 3.8) is 0 Å². The summed E-state index contributed by atoms with van der Waals surface area (Å²) in [7, 11) is 1.83. The van der Waals surface area contributed by atoms with Crippen LogP contribution in [0.15, 0.2) is 16.5 Å². The van der Waals surface area contributed by atoms with Crippen molar-refractivity contribution in [2.24, 2.45) is 11.8 Å². The quantitative estimate of drug-likeness (QED) is 0.814. The van der Waals surface area contributed by atoms with Gasteiger partial charge in [-0.05, 0) is 19.2 Å². The predicted octanol–water partition coefficient (Wildman–Crippen LogP) is 1.14. The summed E-state index contributed by atoms with van der Waals surface area (Å²) in [6.45, 7) is 4.45. The zero-order valence-corrected chi connectivity index (χ0v) is 10.9. The predicted molar refractivity (Wildman–Crippen MR) is 65.4 cm³/mol. The molecule has 1 aromatic heterocycles. The largest absolute Gasteiger partial charge is 0.463 e. The van der Waals surface area contributed by atoms with Crippen LogP contribution in [0, 0.1) is 11.8 Å². The van der Waals surface area contributed by atoms with E-state index in [1.54, 1.807) is 19.9 Å². The summed E-state index contributed by atoms with van der Waals surface area (Å²) >= 11 is 0. The fraction of sp³-hybridized carbons (Fsp3) is 0.538. The van der Waals surface area contributed by atoms with Crippen molar-refractivity contribution in [2.45, 2.75) is 26.9 Å². The number of nitrogens with zero attached hydrogens (tertiary/aromatic N) is 1. The van der Waals surface area contributed by atoms with Crippen molar-refractivity contribution in [3.8, 4) is 0 Å². The number of carbonyl (C=O) groups excluding carboxylic acids is 2. The van der Waals surface area contributed by atoms with Gasteiger partial charge in [0.25, 0.3) is 0 Å². The highest BCUT2D eigenvalue weighted by Gasteiger charge is 2.42. The minimum absolute atomic E-state index is 0.112. The highest BCUT2D eigenvalue weighted by Crippen LogP contribution is 2.27. The Labute approximate surface area is 106 Å². The molecule has 2 unspecified atom stereocenters. The lowest BCUT2D eigenvalue weighted by Gasteiger charge is -2.12. The van der Waals surface area contributed by atoms with Gasteiger partial charge in [-0.25, -0.2) is 0 Å². The van der Waals surface area contributed by atoms with Crippen molar-refractivity contribution in [2.75, 3.05) is 7.05 Å². The second-order valence-electron chi connectivity index (χ2n) is 4.74. The third-order valence-corrected chi connectivity index (χ3v) is 3.44. The van der Waals surface area contributed by atoms with Gasteiger partial charge in [0.05, 0.1) is 13.1 Å². The normalized spacial score (nSPS) is 24.1. The maximum atomic E-state index is 11.9. The average molecular weight is 250 g/mol. The maximum Gasteiger partial charge on any atom is 0.233 e. The molecule has 0 spiro atoms. The summed E-state index contributed by atoms with van der Waals surface area (Å²) in [6.07, 6.45) is 0. The lowest BCUT2D eigenvalue weighted by Crippen LogP contribution is -2.30. The van der Waals surface area contributed by atoms with E-state index < -0.39 is 0 Å². The summed E-state index contributed by atoms with van der Waals surface area (Å²) in [5.74, 6) is 0.752. The standard InChI is InChI=1S/C13H18N2O3/c1-8-9(2)13(17)15(12(8)16)7-11-5-4-10(18-11)6-14-3/h4-5,8-9,14H,6-7H2,1-3H3. The zero-order chi connectivity index (χ0) is 13.3. The molecule has 5 nitrogen and oxygen atoms in total. The van der Waals surface area contributed by atoms with Crippen LogP contribution in [0.4, 0.5) is 0 Å². The van der Waals surface area contributed by atoms with E-state index in [-0.39, 0.29) is 30.2 Å². The minimum Gasteiger partial charge on any atom is -0.463 e. The number of rotatable bonds is 4. The van der Waals surface area contributed by atoms with Crippen molar-refractivity contribution in [3.05, 3.63) is 23.7 Å². The number of amides is 2. The first-order valence-electron chi connectivity index (χ1n) is 6.12. The Hall–Kier alpha value is -1.62. The molecule has 1 aliphatic heterocycles. The number of carbonyl (C=O) groups is 2.